The van der Waals surface area contributed by atoms with E-state index in [1.807, 2.05) is 0 Å². The zero-order chi connectivity index (χ0) is 9.97. The van der Waals surface area contributed by atoms with Crippen LogP contribution in [0.3, 0.4) is 0 Å². The van der Waals surface area contributed by atoms with Crippen molar-refractivity contribution in [3.63, 3.8) is 0 Å². The van der Waals surface area contributed by atoms with Gasteiger partial charge in [0.05, 0.1) is 19.0 Å². The maximum Gasteiger partial charge on any atom is 0.331 e. The minimum Gasteiger partial charge on any atom is -0.478 e. The van der Waals surface area contributed by atoms with Crippen molar-refractivity contribution in [1.82, 2.24) is 0 Å². The number of carboxylic acids is 1. The molecule has 0 saturated carbocycles. The summed E-state index contributed by atoms with van der Waals surface area (Å²) in [6.45, 7) is 0.656. The number of carboxylic acid groups (broad SMARTS) is 1. The lowest BCUT2D eigenvalue weighted by Crippen LogP contribution is -2.03. The van der Waals surface area contributed by atoms with Gasteiger partial charge in [-0.25, -0.2) is 4.79 Å². The van der Waals surface area contributed by atoms with Gasteiger partial charge in [-0.05, 0) is 18.2 Å². The lowest BCUT2D eigenvalue weighted by Gasteiger charge is -1.97. The Morgan fingerprint density at radius 1 is 1.71 bits per heavy atom. The van der Waals surface area contributed by atoms with E-state index in [1.54, 1.807) is 12.1 Å². The quantitative estimate of drug-likeness (QED) is 0.583. The van der Waals surface area contributed by atoms with E-state index in [4.69, 9.17) is 14.3 Å². The third-order valence-electron chi connectivity index (χ3n) is 1.98. The Morgan fingerprint density at radius 3 is 3.00 bits per heavy atom. The van der Waals surface area contributed by atoms with E-state index in [0.717, 1.165) is 0 Å². The van der Waals surface area contributed by atoms with E-state index in [9.17, 15) is 4.79 Å². The number of ether oxygens (including phenoxy) is 1. The molecule has 1 N–H and O–H groups in total. The van der Waals surface area contributed by atoms with Crippen LogP contribution in [0.25, 0.3) is 6.08 Å². The summed E-state index contributed by atoms with van der Waals surface area (Å²) < 4.78 is 10.0. The first kappa shape index (κ1) is 9.02. The molecule has 1 aliphatic heterocycles. The fourth-order valence-electron chi connectivity index (χ4n) is 1.18. The highest BCUT2D eigenvalue weighted by molar-refractivity contribution is 5.91. The number of hydrogen-bond acceptors (Lipinski definition) is 3. The van der Waals surface area contributed by atoms with E-state index in [2.05, 4.69) is 0 Å². The van der Waals surface area contributed by atoms with Gasteiger partial charge in [-0.1, -0.05) is 0 Å². The predicted molar refractivity (Wildman–Crippen MR) is 48.7 cm³/mol. The van der Waals surface area contributed by atoms with Crippen molar-refractivity contribution in [2.24, 2.45) is 0 Å². The molecule has 1 aromatic heterocycles. The van der Waals surface area contributed by atoms with Crippen molar-refractivity contribution in [2.75, 3.05) is 6.61 Å². The minimum absolute atomic E-state index is 0.0762. The number of furan rings is 1. The van der Waals surface area contributed by atoms with Crippen molar-refractivity contribution in [2.45, 2.75) is 12.5 Å². The van der Waals surface area contributed by atoms with Crippen LogP contribution in [0.15, 0.2) is 28.4 Å². The van der Waals surface area contributed by atoms with E-state index >= 15 is 0 Å². The number of carbonyl (C=O) groups is 1. The molecule has 0 radical (unpaired) electrons. The zero-order valence-corrected chi connectivity index (χ0v) is 7.47. The highest BCUT2D eigenvalue weighted by Gasteiger charge is 2.26. The van der Waals surface area contributed by atoms with E-state index in [0.29, 0.717) is 24.4 Å². The average molecular weight is 194 g/mol. The monoisotopic (exact) mass is 194 g/mol. The number of hydrogen-bond donors (Lipinski definition) is 1. The van der Waals surface area contributed by atoms with Crippen LogP contribution >= 0.6 is 0 Å². The fourth-order valence-corrected chi connectivity index (χ4v) is 1.18. The molecule has 0 aromatic carbocycles. The van der Waals surface area contributed by atoms with Crippen LogP contribution in [0, 0.1) is 0 Å². The van der Waals surface area contributed by atoms with Gasteiger partial charge in [0, 0.05) is 12.0 Å². The van der Waals surface area contributed by atoms with Gasteiger partial charge in [0.15, 0.2) is 0 Å². The van der Waals surface area contributed by atoms with Crippen LogP contribution in [-0.2, 0) is 9.53 Å². The van der Waals surface area contributed by atoms with Gasteiger partial charge in [-0.2, -0.15) is 0 Å². The van der Waals surface area contributed by atoms with Crippen molar-refractivity contribution < 1.29 is 19.1 Å². The molecule has 0 spiro atoms. The maximum atomic E-state index is 10.8. The molecule has 2 rings (SSSR count). The second-order valence-corrected chi connectivity index (χ2v) is 3.15. The normalized spacial score (nSPS) is 20.9. The van der Waals surface area contributed by atoms with Gasteiger partial charge in [0.1, 0.15) is 5.76 Å². The highest BCUT2D eigenvalue weighted by atomic mass is 16.6. The van der Waals surface area contributed by atoms with E-state index < -0.39 is 5.97 Å². The summed E-state index contributed by atoms with van der Waals surface area (Å²) in [6.07, 6.45) is 3.56. The Hall–Kier alpha value is -1.55. The smallest absolute Gasteiger partial charge is 0.331 e. The Kier molecular flexibility index (Phi) is 2.37. The Morgan fingerprint density at radius 2 is 2.50 bits per heavy atom. The van der Waals surface area contributed by atoms with Crippen LogP contribution in [-0.4, -0.2) is 23.8 Å². The molecule has 4 nitrogen and oxygen atoms in total. The molecule has 0 amide bonds. The zero-order valence-electron chi connectivity index (χ0n) is 7.47. The molecule has 1 aliphatic rings. The first-order chi connectivity index (χ1) is 6.75. The van der Waals surface area contributed by atoms with Crippen LogP contribution in [0.5, 0.6) is 0 Å². The maximum absolute atomic E-state index is 10.8. The molecule has 4 heteroatoms. The molecule has 0 aliphatic carbocycles. The molecule has 0 bridgehead atoms. The summed E-state index contributed by atoms with van der Waals surface area (Å²) in [5.41, 5.74) is 0.322. The third kappa shape index (κ3) is 2.23. The van der Waals surface area contributed by atoms with Crippen molar-refractivity contribution in [3.05, 3.63) is 29.7 Å². The molecule has 1 atom stereocenters. The van der Waals surface area contributed by atoms with Gasteiger partial charge in [-0.3, -0.25) is 0 Å². The molecule has 1 unspecified atom stereocenters. The summed E-state index contributed by atoms with van der Waals surface area (Å²) in [4.78, 5) is 10.8. The fraction of sp³-hybridized carbons (Fsp3) is 0.300. The minimum atomic E-state index is -0.920. The van der Waals surface area contributed by atoms with Crippen LogP contribution in [0.1, 0.15) is 12.2 Å². The van der Waals surface area contributed by atoms with Crippen molar-refractivity contribution in [3.8, 4) is 0 Å². The molecule has 1 aromatic rings. The highest BCUT2D eigenvalue weighted by Crippen LogP contribution is 2.21. The van der Waals surface area contributed by atoms with E-state index in [1.165, 1.54) is 12.3 Å². The summed E-state index contributed by atoms with van der Waals surface area (Å²) in [7, 11) is 0. The molecular formula is C10H10O4. The number of epoxide rings is 1. The van der Waals surface area contributed by atoms with Crippen LogP contribution < -0.4 is 0 Å². The number of aliphatic carboxylic acids is 1. The lowest BCUT2D eigenvalue weighted by molar-refractivity contribution is -0.132. The van der Waals surface area contributed by atoms with Gasteiger partial charge < -0.3 is 14.3 Å². The molecule has 2 heterocycles. The second kappa shape index (κ2) is 3.67. The molecular weight excluding hydrogens is 184 g/mol. The standard InChI is InChI=1S/C10H10O4/c11-10(12)7(5-9-6-14-9)4-8-2-1-3-13-8/h1-4,9H,5-6H2,(H,11,12)/b7-4-. The SMILES string of the molecule is O=C(O)/C(=C\c1ccco1)CC1CO1. The number of rotatable bonds is 4. The molecule has 74 valence electrons. The average Bonchev–Trinajstić information content (AvgIpc) is 2.80. The van der Waals surface area contributed by atoms with E-state index in [-0.39, 0.29) is 6.10 Å². The van der Waals surface area contributed by atoms with Gasteiger partial charge in [0.2, 0.25) is 0 Å². The summed E-state index contributed by atoms with van der Waals surface area (Å²) in [5, 5.41) is 8.88. The lowest BCUT2D eigenvalue weighted by atomic mass is 10.1. The van der Waals surface area contributed by atoms with Crippen LogP contribution in [0.4, 0.5) is 0 Å². The Bertz CT molecular complexity index is 346. The first-order valence-electron chi connectivity index (χ1n) is 4.34. The topological polar surface area (TPSA) is 63.0 Å². The third-order valence-corrected chi connectivity index (χ3v) is 1.98. The summed E-state index contributed by atoms with van der Waals surface area (Å²) in [5.74, 6) is -0.361. The molecule has 14 heavy (non-hydrogen) atoms. The molecule has 1 fully saturated rings. The Labute approximate surface area is 80.8 Å². The van der Waals surface area contributed by atoms with Crippen LogP contribution in [0.2, 0.25) is 0 Å². The second-order valence-electron chi connectivity index (χ2n) is 3.15. The molecule has 1 saturated heterocycles. The van der Waals surface area contributed by atoms with Gasteiger partial charge in [-0.15, -0.1) is 0 Å². The predicted octanol–water partition coefficient (Wildman–Crippen LogP) is 1.54. The van der Waals surface area contributed by atoms with Crippen molar-refractivity contribution in [1.29, 1.82) is 0 Å². The Balaban J connectivity index is 2.12. The summed E-state index contributed by atoms with van der Waals surface area (Å²) >= 11 is 0. The van der Waals surface area contributed by atoms with Gasteiger partial charge >= 0.3 is 5.97 Å². The summed E-state index contributed by atoms with van der Waals surface area (Å²) in [6, 6.07) is 3.44. The van der Waals surface area contributed by atoms with Crippen molar-refractivity contribution >= 4 is 12.0 Å². The van der Waals surface area contributed by atoms with Gasteiger partial charge in [0.25, 0.3) is 0 Å². The largest absolute Gasteiger partial charge is 0.478 e. The first-order valence-corrected chi connectivity index (χ1v) is 4.34.